The molecule has 0 aliphatic carbocycles. The van der Waals surface area contributed by atoms with Crippen LogP contribution < -0.4 is 21.1 Å². The minimum atomic E-state index is 0.440. The van der Waals surface area contributed by atoms with Gasteiger partial charge in [0.1, 0.15) is 41.1 Å². The topological polar surface area (TPSA) is 98.0 Å². The summed E-state index contributed by atoms with van der Waals surface area (Å²) >= 11 is 0. The molecule has 0 fully saturated rings. The monoisotopic (exact) mass is 370 g/mol. The average Bonchev–Trinajstić information content (AvgIpc) is 2.71. The molecule has 0 aliphatic heterocycles. The van der Waals surface area contributed by atoms with Crippen LogP contribution in [-0.2, 0) is 0 Å². The van der Waals surface area contributed by atoms with E-state index in [4.69, 9.17) is 10.5 Å². The van der Waals surface area contributed by atoms with Gasteiger partial charge in [-0.1, -0.05) is 24.3 Å². The lowest BCUT2D eigenvalue weighted by atomic mass is 10.3. The number of nitrogens with zero attached hydrogens (tertiary/aromatic N) is 3. The fourth-order valence-electron chi connectivity index (χ4n) is 2.53. The molecule has 2 aromatic carbocycles. The third-order valence-corrected chi connectivity index (χ3v) is 3.80. The van der Waals surface area contributed by atoms with E-state index in [1.165, 1.54) is 6.33 Å². The minimum Gasteiger partial charge on any atom is -0.457 e. The third-order valence-electron chi connectivity index (χ3n) is 3.80. The summed E-state index contributed by atoms with van der Waals surface area (Å²) < 4.78 is 5.80. The number of nitrogens with two attached hydrogens (primary N) is 1. The predicted octanol–water partition coefficient (Wildman–Crippen LogP) is 4.73. The third kappa shape index (κ3) is 4.53. The van der Waals surface area contributed by atoms with E-state index in [0.29, 0.717) is 23.3 Å². The highest BCUT2D eigenvalue weighted by molar-refractivity contribution is 5.62. The number of nitrogen functional groups attached to an aromatic ring is 1. The summed E-state index contributed by atoms with van der Waals surface area (Å²) in [5.74, 6) is 3.87. The molecular formula is C21H18N6O. The summed E-state index contributed by atoms with van der Waals surface area (Å²) in [7, 11) is 0. The Morgan fingerprint density at radius 3 is 2.14 bits per heavy atom. The summed E-state index contributed by atoms with van der Waals surface area (Å²) in [5.41, 5.74) is 6.58. The average molecular weight is 370 g/mol. The number of hydrogen-bond donors (Lipinski definition) is 3. The number of benzene rings is 2. The molecule has 0 bridgehead atoms. The largest absolute Gasteiger partial charge is 0.457 e. The molecule has 0 atom stereocenters. The number of hydrogen-bond acceptors (Lipinski definition) is 7. The highest BCUT2D eigenvalue weighted by Gasteiger charge is 2.03. The van der Waals surface area contributed by atoms with E-state index in [1.54, 1.807) is 12.1 Å². The van der Waals surface area contributed by atoms with Crippen LogP contribution in [0.15, 0.2) is 85.2 Å². The maximum Gasteiger partial charge on any atom is 0.137 e. The van der Waals surface area contributed by atoms with Gasteiger partial charge in [-0.2, -0.15) is 0 Å². The Morgan fingerprint density at radius 2 is 1.39 bits per heavy atom. The van der Waals surface area contributed by atoms with Crippen molar-refractivity contribution in [2.24, 2.45) is 0 Å². The molecule has 2 heterocycles. The van der Waals surface area contributed by atoms with Crippen LogP contribution in [0.1, 0.15) is 0 Å². The van der Waals surface area contributed by atoms with E-state index in [0.717, 1.165) is 17.2 Å². The first-order chi connectivity index (χ1) is 13.7. The normalized spacial score (nSPS) is 10.3. The van der Waals surface area contributed by atoms with E-state index in [-0.39, 0.29) is 0 Å². The summed E-state index contributed by atoms with van der Waals surface area (Å²) in [6.45, 7) is 0. The van der Waals surface area contributed by atoms with Crippen molar-refractivity contribution in [3.63, 3.8) is 0 Å². The van der Waals surface area contributed by atoms with Crippen molar-refractivity contribution < 1.29 is 4.74 Å². The zero-order valence-electron chi connectivity index (χ0n) is 14.9. The molecule has 4 aromatic rings. The van der Waals surface area contributed by atoms with Crippen molar-refractivity contribution in [1.82, 2.24) is 15.0 Å². The number of aromatic nitrogens is 3. The number of para-hydroxylation sites is 1. The fraction of sp³-hybridized carbons (Fsp3) is 0. The predicted molar refractivity (Wildman–Crippen MR) is 110 cm³/mol. The van der Waals surface area contributed by atoms with Gasteiger partial charge in [0.2, 0.25) is 0 Å². The number of rotatable bonds is 6. The zero-order chi connectivity index (χ0) is 19.2. The lowest BCUT2D eigenvalue weighted by molar-refractivity contribution is 0.483. The highest BCUT2D eigenvalue weighted by atomic mass is 16.5. The number of pyridine rings is 1. The van der Waals surface area contributed by atoms with E-state index in [1.807, 2.05) is 66.7 Å². The summed E-state index contributed by atoms with van der Waals surface area (Å²) in [4.78, 5) is 12.6. The SMILES string of the molecule is Nc1cccc(Nc2cc(Nc3ccc(Oc4ccccc4)cc3)ncn2)n1. The van der Waals surface area contributed by atoms with Gasteiger partial charge in [0.15, 0.2) is 0 Å². The first kappa shape index (κ1) is 17.3. The molecule has 0 saturated heterocycles. The van der Waals surface area contributed by atoms with Gasteiger partial charge in [-0.25, -0.2) is 15.0 Å². The molecule has 28 heavy (non-hydrogen) atoms. The van der Waals surface area contributed by atoms with Gasteiger partial charge in [-0.15, -0.1) is 0 Å². The van der Waals surface area contributed by atoms with Crippen LogP contribution in [0.4, 0.5) is 29.0 Å². The molecule has 138 valence electrons. The molecule has 4 rings (SSSR count). The molecule has 7 nitrogen and oxygen atoms in total. The van der Waals surface area contributed by atoms with Crippen LogP contribution in [0, 0.1) is 0 Å². The van der Waals surface area contributed by atoms with Crippen molar-refractivity contribution >= 4 is 29.0 Å². The van der Waals surface area contributed by atoms with Gasteiger partial charge in [-0.3, -0.25) is 0 Å². The Kier molecular flexibility index (Phi) is 4.97. The Labute approximate surface area is 162 Å². The molecule has 0 spiro atoms. The van der Waals surface area contributed by atoms with E-state index < -0.39 is 0 Å². The quantitative estimate of drug-likeness (QED) is 0.451. The van der Waals surface area contributed by atoms with Crippen LogP contribution in [0.25, 0.3) is 0 Å². The lowest BCUT2D eigenvalue weighted by Crippen LogP contribution is -2.00. The maximum atomic E-state index is 5.80. The second-order valence-corrected chi connectivity index (χ2v) is 5.93. The van der Waals surface area contributed by atoms with Gasteiger partial charge in [0, 0.05) is 11.8 Å². The van der Waals surface area contributed by atoms with Crippen molar-refractivity contribution in [1.29, 1.82) is 0 Å². The van der Waals surface area contributed by atoms with Crippen molar-refractivity contribution in [2.45, 2.75) is 0 Å². The molecule has 2 aromatic heterocycles. The molecule has 0 saturated carbocycles. The van der Waals surface area contributed by atoms with Gasteiger partial charge in [0.05, 0.1) is 0 Å². The van der Waals surface area contributed by atoms with E-state index in [2.05, 4.69) is 25.6 Å². The first-order valence-electron chi connectivity index (χ1n) is 8.66. The van der Waals surface area contributed by atoms with Gasteiger partial charge >= 0.3 is 0 Å². The van der Waals surface area contributed by atoms with Gasteiger partial charge < -0.3 is 21.1 Å². The van der Waals surface area contributed by atoms with Crippen LogP contribution in [-0.4, -0.2) is 15.0 Å². The Balaban J connectivity index is 1.42. The number of anilines is 5. The molecule has 0 amide bonds. The maximum absolute atomic E-state index is 5.80. The van der Waals surface area contributed by atoms with E-state index >= 15 is 0 Å². The Morgan fingerprint density at radius 1 is 0.679 bits per heavy atom. The molecule has 0 radical (unpaired) electrons. The lowest BCUT2D eigenvalue weighted by Gasteiger charge is -2.10. The van der Waals surface area contributed by atoms with Crippen LogP contribution >= 0.6 is 0 Å². The Bertz CT molecular complexity index is 1050. The highest BCUT2D eigenvalue weighted by Crippen LogP contribution is 2.24. The van der Waals surface area contributed by atoms with Crippen LogP contribution in [0.2, 0.25) is 0 Å². The smallest absolute Gasteiger partial charge is 0.137 e. The summed E-state index contributed by atoms with van der Waals surface area (Å²) in [6.07, 6.45) is 1.48. The second kappa shape index (κ2) is 8.05. The fourth-order valence-corrected chi connectivity index (χ4v) is 2.53. The number of nitrogens with one attached hydrogen (secondary N) is 2. The number of ether oxygens (including phenoxy) is 1. The van der Waals surface area contributed by atoms with Crippen molar-refractivity contribution in [3.05, 3.63) is 85.2 Å². The molecule has 0 aliphatic rings. The van der Waals surface area contributed by atoms with Crippen molar-refractivity contribution in [2.75, 3.05) is 16.4 Å². The second-order valence-electron chi connectivity index (χ2n) is 5.93. The van der Waals surface area contributed by atoms with Crippen LogP contribution in [0.5, 0.6) is 11.5 Å². The van der Waals surface area contributed by atoms with Crippen LogP contribution in [0.3, 0.4) is 0 Å². The standard InChI is InChI=1S/C21H18N6O/c22-18-7-4-8-19(26-18)27-21-13-20(23-14-24-21)25-15-9-11-17(12-10-15)28-16-5-2-1-3-6-16/h1-14H,(H4,22,23,24,25,26,27). The van der Waals surface area contributed by atoms with Gasteiger partial charge in [0.25, 0.3) is 0 Å². The van der Waals surface area contributed by atoms with E-state index in [9.17, 15) is 0 Å². The molecule has 0 unspecified atom stereocenters. The van der Waals surface area contributed by atoms with Crippen molar-refractivity contribution in [3.8, 4) is 11.5 Å². The first-order valence-corrected chi connectivity index (χ1v) is 8.66. The van der Waals surface area contributed by atoms with Gasteiger partial charge in [-0.05, 0) is 48.5 Å². The molecule has 7 heteroatoms. The molecule has 4 N–H and O–H groups in total. The Hall–Kier alpha value is -4.13. The zero-order valence-corrected chi connectivity index (χ0v) is 14.9. The molecular weight excluding hydrogens is 352 g/mol. The summed E-state index contributed by atoms with van der Waals surface area (Å²) in [5, 5.41) is 6.35. The summed E-state index contributed by atoms with van der Waals surface area (Å²) in [6, 6.07) is 24.4. The minimum absolute atomic E-state index is 0.440.